The van der Waals surface area contributed by atoms with Crippen molar-refractivity contribution in [3.05, 3.63) is 18.2 Å². The van der Waals surface area contributed by atoms with E-state index in [9.17, 15) is 0 Å². The molecule has 0 bridgehead atoms. The highest BCUT2D eigenvalue weighted by Gasteiger charge is 2.52. The van der Waals surface area contributed by atoms with E-state index in [1.807, 2.05) is 45.9 Å². The predicted octanol–water partition coefficient (Wildman–Crippen LogP) is 2.60. The van der Waals surface area contributed by atoms with E-state index in [1.54, 1.807) is 0 Å². The molecule has 0 radical (unpaired) electrons. The van der Waals surface area contributed by atoms with Crippen LogP contribution in [0, 0.1) is 5.92 Å². The van der Waals surface area contributed by atoms with Crippen molar-refractivity contribution in [2.24, 2.45) is 5.92 Å². The molecule has 1 saturated heterocycles. The van der Waals surface area contributed by atoms with E-state index in [2.05, 4.69) is 13.8 Å². The molecular formula is C16H26BNO3. The zero-order valence-electron chi connectivity index (χ0n) is 13.9. The van der Waals surface area contributed by atoms with Gasteiger partial charge in [0.2, 0.25) is 0 Å². The summed E-state index contributed by atoms with van der Waals surface area (Å²) in [4.78, 5) is 0. The SMILES string of the molecule is CC(C)COc1ccc(N)cc1B1OC(C)(C)C(C)(C)O1. The second-order valence-corrected chi connectivity index (χ2v) is 7.09. The summed E-state index contributed by atoms with van der Waals surface area (Å²) in [6, 6.07) is 5.60. The average Bonchev–Trinajstić information content (AvgIpc) is 2.56. The summed E-state index contributed by atoms with van der Waals surface area (Å²) >= 11 is 0. The van der Waals surface area contributed by atoms with Crippen molar-refractivity contribution < 1.29 is 14.0 Å². The Labute approximate surface area is 128 Å². The lowest BCUT2D eigenvalue weighted by Gasteiger charge is -2.32. The molecule has 1 aliphatic rings. The number of nitrogens with two attached hydrogens (primary N) is 1. The molecule has 2 rings (SSSR count). The Morgan fingerprint density at radius 3 is 2.24 bits per heavy atom. The molecule has 2 N–H and O–H groups in total. The second-order valence-electron chi connectivity index (χ2n) is 7.09. The fraction of sp³-hybridized carbons (Fsp3) is 0.625. The average molecular weight is 291 g/mol. The first-order chi connectivity index (χ1) is 9.62. The Hall–Kier alpha value is -1.20. The van der Waals surface area contributed by atoms with Gasteiger partial charge in [0.25, 0.3) is 0 Å². The van der Waals surface area contributed by atoms with Crippen LogP contribution in [-0.4, -0.2) is 24.9 Å². The highest BCUT2D eigenvalue weighted by Crippen LogP contribution is 2.37. The maximum atomic E-state index is 6.09. The fourth-order valence-corrected chi connectivity index (χ4v) is 2.11. The predicted molar refractivity (Wildman–Crippen MR) is 86.9 cm³/mol. The van der Waals surface area contributed by atoms with Crippen LogP contribution in [-0.2, 0) is 9.31 Å². The van der Waals surface area contributed by atoms with Gasteiger partial charge < -0.3 is 19.8 Å². The first kappa shape index (κ1) is 16.2. The van der Waals surface area contributed by atoms with E-state index in [1.165, 1.54) is 0 Å². The van der Waals surface area contributed by atoms with E-state index in [0.29, 0.717) is 18.2 Å². The Morgan fingerprint density at radius 2 is 1.71 bits per heavy atom. The summed E-state index contributed by atoms with van der Waals surface area (Å²) in [6.45, 7) is 13.0. The third-order valence-corrected chi connectivity index (χ3v) is 4.11. The monoisotopic (exact) mass is 291 g/mol. The van der Waals surface area contributed by atoms with Crippen LogP contribution in [0.5, 0.6) is 5.75 Å². The molecule has 0 aromatic heterocycles. The first-order valence-corrected chi connectivity index (χ1v) is 7.50. The van der Waals surface area contributed by atoms with Crippen LogP contribution >= 0.6 is 0 Å². The molecule has 116 valence electrons. The van der Waals surface area contributed by atoms with Gasteiger partial charge in [0, 0.05) is 11.2 Å². The van der Waals surface area contributed by atoms with Crippen molar-refractivity contribution in [2.45, 2.75) is 52.7 Å². The van der Waals surface area contributed by atoms with Crippen LogP contribution in [0.3, 0.4) is 0 Å². The lowest BCUT2D eigenvalue weighted by Crippen LogP contribution is -2.41. The van der Waals surface area contributed by atoms with Crippen molar-refractivity contribution in [2.75, 3.05) is 12.3 Å². The molecule has 21 heavy (non-hydrogen) atoms. The van der Waals surface area contributed by atoms with Crippen molar-refractivity contribution in [3.63, 3.8) is 0 Å². The standard InChI is InChI=1S/C16H26BNO3/c1-11(2)10-19-14-8-7-12(18)9-13(14)17-20-15(3,4)16(5,6)21-17/h7-9,11H,10,18H2,1-6H3. The third kappa shape index (κ3) is 3.35. The van der Waals surface area contributed by atoms with E-state index < -0.39 is 7.12 Å². The van der Waals surface area contributed by atoms with E-state index in [-0.39, 0.29) is 11.2 Å². The van der Waals surface area contributed by atoms with Crippen LogP contribution in [0.25, 0.3) is 0 Å². The molecule has 0 saturated carbocycles. The fourth-order valence-electron chi connectivity index (χ4n) is 2.11. The smallest absolute Gasteiger partial charge is 0.494 e. The summed E-state index contributed by atoms with van der Waals surface area (Å²) in [5.74, 6) is 1.23. The van der Waals surface area contributed by atoms with Gasteiger partial charge in [-0.15, -0.1) is 0 Å². The van der Waals surface area contributed by atoms with E-state index in [4.69, 9.17) is 19.8 Å². The summed E-state index contributed by atoms with van der Waals surface area (Å²) in [5.41, 5.74) is 6.70. The van der Waals surface area contributed by atoms with E-state index >= 15 is 0 Å². The summed E-state index contributed by atoms with van der Waals surface area (Å²) in [7, 11) is -0.458. The molecule has 1 heterocycles. The molecule has 1 aliphatic heterocycles. The van der Waals surface area contributed by atoms with Gasteiger partial charge in [-0.3, -0.25) is 0 Å². The van der Waals surface area contributed by atoms with Gasteiger partial charge in [-0.2, -0.15) is 0 Å². The van der Waals surface area contributed by atoms with Crippen molar-refractivity contribution in [1.29, 1.82) is 0 Å². The zero-order chi connectivity index (χ0) is 15.8. The van der Waals surface area contributed by atoms with Gasteiger partial charge in [-0.1, -0.05) is 13.8 Å². The molecular weight excluding hydrogens is 265 g/mol. The van der Waals surface area contributed by atoms with Crippen molar-refractivity contribution >= 4 is 18.3 Å². The summed E-state index contributed by atoms with van der Waals surface area (Å²) < 4.78 is 18.1. The molecule has 1 aromatic rings. The molecule has 4 nitrogen and oxygen atoms in total. The third-order valence-electron chi connectivity index (χ3n) is 4.11. The van der Waals surface area contributed by atoms with Crippen LogP contribution in [0.15, 0.2) is 18.2 Å². The molecule has 5 heteroatoms. The Bertz CT molecular complexity index is 498. The first-order valence-electron chi connectivity index (χ1n) is 7.50. The number of ether oxygens (including phenoxy) is 1. The highest BCUT2D eigenvalue weighted by atomic mass is 16.7. The van der Waals surface area contributed by atoms with Gasteiger partial charge in [-0.05, 0) is 51.8 Å². The number of benzene rings is 1. The molecule has 1 fully saturated rings. The molecule has 0 aliphatic carbocycles. The van der Waals surface area contributed by atoms with Gasteiger partial charge in [0.1, 0.15) is 5.75 Å². The highest BCUT2D eigenvalue weighted by molar-refractivity contribution is 6.63. The lowest BCUT2D eigenvalue weighted by atomic mass is 9.78. The van der Waals surface area contributed by atoms with Crippen LogP contribution in [0.1, 0.15) is 41.5 Å². The maximum Gasteiger partial charge on any atom is 0.498 e. The molecule has 0 amide bonds. The quantitative estimate of drug-likeness (QED) is 0.684. The van der Waals surface area contributed by atoms with Crippen LogP contribution in [0.2, 0.25) is 0 Å². The maximum absolute atomic E-state index is 6.09. The number of hydrogen-bond acceptors (Lipinski definition) is 4. The second kappa shape index (κ2) is 5.54. The largest absolute Gasteiger partial charge is 0.498 e. The number of rotatable bonds is 4. The minimum absolute atomic E-state index is 0.377. The topological polar surface area (TPSA) is 53.7 Å². The van der Waals surface area contributed by atoms with E-state index in [0.717, 1.165) is 11.2 Å². The lowest BCUT2D eigenvalue weighted by molar-refractivity contribution is 0.00578. The van der Waals surface area contributed by atoms with Gasteiger partial charge in [0.05, 0.1) is 17.8 Å². The Morgan fingerprint density at radius 1 is 1.14 bits per heavy atom. The molecule has 0 unspecified atom stereocenters. The molecule has 1 aromatic carbocycles. The molecule has 0 spiro atoms. The zero-order valence-corrected chi connectivity index (χ0v) is 13.9. The normalized spacial score (nSPS) is 20.0. The Kier molecular flexibility index (Phi) is 4.27. The van der Waals surface area contributed by atoms with Gasteiger partial charge in [0.15, 0.2) is 0 Å². The van der Waals surface area contributed by atoms with Gasteiger partial charge in [-0.25, -0.2) is 0 Å². The summed E-state index contributed by atoms with van der Waals surface area (Å²) in [5, 5.41) is 0. The van der Waals surface area contributed by atoms with Crippen LogP contribution < -0.4 is 15.9 Å². The summed E-state index contributed by atoms with van der Waals surface area (Å²) in [6.07, 6.45) is 0. The number of hydrogen-bond donors (Lipinski definition) is 1. The van der Waals surface area contributed by atoms with Gasteiger partial charge >= 0.3 is 7.12 Å². The minimum atomic E-state index is -0.458. The molecule has 0 atom stereocenters. The van der Waals surface area contributed by atoms with Crippen molar-refractivity contribution in [3.8, 4) is 5.75 Å². The van der Waals surface area contributed by atoms with Crippen molar-refractivity contribution in [1.82, 2.24) is 0 Å². The Balaban J connectivity index is 2.29. The van der Waals surface area contributed by atoms with Crippen LogP contribution in [0.4, 0.5) is 5.69 Å². The minimum Gasteiger partial charge on any atom is -0.494 e. The number of nitrogen functional groups attached to an aromatic ring is 1. The number of anilines is 1.